The van der Waals surface area contributed by atoms with Gasteiger partial charge in [-0.25, -0.2) is 0 Å². The number of likely N-dealkylation sites (tertiary alicyclic amines) is 1. The number of amides is 1. The summed E-state index contributed by atoms with van der Waals surface area (Å²) >= 11 is 0. The number of carbonyl (C=O) groups excluding carboxylic acids is 1. The predicted octanol–water partition coefficient (Wildman–Crippen LogP) is 2.56. The number of alkyl halides is 3. The standard InChI is InChI=1S/C16H19F3N2O3/c17-16(18,19)9-14(22)21-6-3-15(4-7-21)8-13(11-23-15)24-12-2-1-5-20-10-12/h1-2,5,10,13H,3-4,6-9,11H2/t13-/m1/s1. The molecule has 8 heteroatoms. The summed E-state index contributed by atoms with van der Waals surface area (Å²) in [7, 11) is 0. The number of halogens is 3. The maximum absolute atomic E-state index is 12.3. The van der Waals surface area contributed by atoms with Gasteiger partial charge >= 0.3 is 6.18 Å². The largest absolute Gasteiger partial charge is 0.486 e. The second-order valence-corrected chi connectivity index (χ2v) is 6.30. The maximum atomic E-state index is 12.3. The van der Waals surface area contributed by atoms with Crippen molar-refractivity contribution < 1.29 is 27.4 Å². The Morgan fingerprint density at radius 1 is 1.42 bits per heavy atom. The monoisotopic (exact) mass is 344 g/mol. The Labute approximate surface area is 137 Å². The van der Waals surface area contributed by atoms with Crippen LogP contribution < -0.4 is 4.74 Å². The lowest BCUT2D eigenvalue weighted by molar-refractivity contribution is -0.164. The molecule has 0 radical (unpaired) electrons. The Morgan fingerprint density at radius 3 is 2.79 bits per heavy atom. The third kappa shape index (κ3) is 4.17. The molecule has 5 nitrogen and oxygen atoms in total. The van der Waals surface area contributed by atoms with E-state index in [4.69, 9.17) is 9.47 Å². The summed E-state index contributed by atoms with van der Waals surface area (Å²) in [5, 5.41) is 0. The SMILES string of the molecule is O=C(CC(F)(F)F)N1CCC2(CC1)C[C@@H](Oc1cccnc1)CO2. The fraction of sp³-hybridized carbons (Fsp3) is 0.625. The van der Waals surface area contributed by atoms with E-state index in [1.807, 2.05) is 6.07 Å². The van der Waals surface area contributed by atoms with E-state index in [1.165, 1.54) is 4.90 Å². The van der Waals surface area contributed by atoms with E-state index in [0.717, 1.165) is 0 Å². The lowest BCUT2D eigenvalue weighted by Gasteiger charge is -2.38. The summed E-state index contributed by atoms with van der Waals surface area (Å²) in [6.45, 7) is 1.01. The number of piperidine rings is 1. The van der Waals surface area contributed by atoms with Crippen molar-refractivity contribution in [1.82, 2.24) is 9.88 Å². The molecular weight excluding hydrogens is 325 g/mol. The van der Waals surface area contributed by atoms with E-state index < -0.39 is 24.1 Å². The molecule has 1 spiro atoms. The van der Waals surface area contributed by atoms with Crippen LogP contribution in [-0.2, 0) is 9.53 Å². The van der Waals surface area contributed by atoms with E-state index in [1.54, 1.807) is 18.5 Å². The van der Waals surface area contributed by atoms with Crippen molar-refractivity contribution in [1.29, 1.82) is 0 Å². The van der Waals surface area contributed by atoms with Crippen LogP contribution in [0.1, 0.15) is 25.7 Å². The zero-order chi connectivity index (χ0) is 17.2. The van der Waals surface area contributed by atoms with Crippen LogP contribution in [0.4, 0.5) is 13.2 Å². The van der Waals surface area contributed by atoms with Gasteiger partial charge in [0.2, 0.25) is 5.91 Å². The molecule has 3 heterocycles. The predicted molar refractivity (Wildman–Crippen MR) is 78.4 cm³/mol. The Kier molecular flexibility index (Phi) is 4.67. The van der Waals surface area contributed by atoms with E-state index in [0.29, 0.717) is 31.6 Å². The molecule has 0 bridgehead atoms. The lowest BCUT2D eigenvalue weighted by atomic mass is 9.88. The fourth-order valence-corrected chi connectivity index (χ4v) is 3.28. The summed E-state index contributed by atoms with van der Waals surface area (Å²) in [5.41, 5.74) is -0.401. The highest BCUT2D eigenvalue weighted by atomic mass is 19.4. The molecule has 0 aliphatic carbocycles. The van der Waals surface area contributed by atoms with Crippen LogP contribution >= 0.6 is 0 Å². The minimum Gasteiger partial charge on any atom is -0.486 e. The molecule has 1 aromatic heterocycles. The molecule has 1 amide bonds. The Morgan fingerprint density at radius 2 is 2.17 bits per heavy atom. The van der Waals surface area contributed by atoms with Gasteiger partial charge in [0.05, 0.1) is 18.4 Å². The number of hydrogen-bond acceptors (Lipinski definition) is 4. The van der Waals surface area contributed by atoms with Crippen LogP contribution in [0.5, 0.6) is 5.75 Å². The van der Waals surface area contributed by atoms with Gasteiger partial charge in [0, 0.05) is 25.7 Å². The van der Waals surface area contributed by atoms with Gasteiger partial charge in [-0.1, -0.05) is 0 Å². The molecule has 2 aliphatic heterocycles. The van der Waals surface area contributed by atoms with E-state index in [-0.39, 0.29) is 19.2 Å². The number of ether oxygens (including phenoxy) is 2. The molecule has 0 aromatic carbocycles. The van der Waals surface area contributed by atoms with Gasteiger partial charge in [-0.2, -0.15) is 13.2 Å². The molecular formula is C16H19F3N2O3. The highest BCUT2D eigenvalue weighted by Crippen LogP contribution is 2.37. The van der Waals surface area contributed by atoms with Crippen LogP contribution in [0, 0.1) is 0 Å². The van der Waals surface area contributed by atoms with Crippen molar-refractivity contribution in [3.8, 4) is 5.75 Å². The minimum absolute atomic E-state index is 0.105. The first kappa shape index (κ1) is 17.0. The minimum atomic E-state index is -4.46. The highest BCUT2D eigenvalue weighted by Gasteiger charge is 2.45. The van der Waals surface area contributed by atoms with Crippen LogP contribution in [0.2, 0.25) is 0 Å². The summed E-state index contributed by atoms with van der Waals surface area (Å²) in [4.78, 5) is 16.9. The fourth-order valence-electron chi connectivity index (χ4n) is 3.28. The third-order valence-corrected chi connectivity index (χ3v) is 4.49. The van der Waals surface area contributed by atoms with Crippen LogP contribution in [-0.4, -0.2) is 53.4 Å². The van der Waals surface area contributed by atoms with Gasteiger partial charge in [0.1, 0.15) is 18.3 Å². The summed E-state index contributed by atoms with van der Waals surface area (Å²) in [6.07, 6.45) is -0.939. The van der Waals surface area contributed by atoms with Crippen molar-refractivity contribution in [3.05, 3.63) is 24.5 Å². The molecule has 3 rings (SSSR count). The van der Waals surface area contributed by atoms with Crippen molar-refractivity contribution in [2.24, 2.45) is 0 Å². The molecule has 24 heavy (non-hydrogen) atoms. The molecule has 132 valence electrons. The van der Waals surface area contributed by atoms with Gasteiger partial charge < -0.3 is 14.4 Å². The summed E-state index contributed by atoms with van der Waals surface area (Å²) < 4.78 is 48.7. The second kappa shape index (κ2) is 6.58. The van der Waals surface area contributed by atoms with E-state index in [9.17, 15) is 18.0 Å². The topological polar surface area (TPSA) is 51.7 Å². The Balaban J connectivity index is 1.50. The van der Waals surface area contributed by atoms with E-state index in [2.05, 4.69) is 4.98 Å². The quantitative estimate of drug-likeness (QED) is 0.846. The van der Waals surface area contributed by atoms with Crippen LogP contribution in [0.3, 0.4) is 0 Å². The zero-order valence-corrected chi connectivity index (χ0v) is 13.1. The first-order chi connectivity index (χ1) is 11.4. The molecule has 2 fully saturated rings. The van der Waals surface area contributed by atoms with Gasteiger partial charge in [-0.3, -0.25) is 9.78 Å². The summed E-state index contributed by atoms with van der Waals surface area (Å²) in [5.74, 6) is -0.195. The number of hydrogen-bond donors (Lipinski definition) is 0. The molecule has 0 N–H and O–H groups in total. The third-order valence-electron chi connectivity index (χ3n) is 4.49. The second-order valence-electron chi connectivity index (χ2n) is 6.30. The molecule has 2 saturated heterocycles. The molecule has 0 unspecified atom stereocenters. The average Bonchev–Trinajstić information content (AvgIpc) is 2.90. The highest BCUT2D eigenvalue weighted by molar-refractivity contribution is 5.77. The molecule has 1 aromatic rings. The van der Waals surface area contributed by atoms with Gasteiger partial charge in [0.15, 0.2) is 0 Å². The Bertz CT molecular complexity index is 572. The van der Waals surface area contributed by atoms with Gasteiger partial charge in [0.25, 0.3) is 0 Å². The number of nitrogens with zero attached hydrogens (tertiary/aromatic N) is 2. The maximum Gasteiger partial charge on any atom is 0.397 e. The first-order valence-corrected chi connectivity index (χ1v) is 7.90. The molecule has 1 atom stereocenters. The van der Waals surface area contributed by atoms with Gasteiger partial charge in [-0.05, 0) is 25.0 Å². The van der Waals surface area contributed by atoms with Crippen LogP contribution in [0.15, 0.2) is 24.5 Å². The van der Waals surface area contributed by atoms with Crippen molar-refractivity contribution in [2.75, 3.05) is 19.7 Å². The molecule has 0 saturated carbocycles. The van der Waals surface area contributed by atoms with Crippen molar-refractivity contribution >= 4 is 5.91 Å². The lowest BCUT2D eigenvalue weighted by Crippen LogP contribution is -2.47. The van der Waals surface area contributed by atoms with Gasteiger partial charge in [-0.15, -0.1) is 0 Å². The van der Waals surface area contributed by atoms with E-state index >= 15 is 0 Å². The number of carbonyl (C=O) groups is 1. The van der Waals surface area contributed by atoms with Crippen molar-refractivity contribution in [3.63, 3.8) is 0 Å². The normalized spacial score (nSPS) is 23.5. The summed E-state index contributed by atoms with van der Waals surface area (Å²) in [6, 6.07) is 3.60. The van der Waals surface area contributed by atoms with Crippen LogP contribution in [0.25, 0.3) is 0 Å². The average molecular weight is 344 g/mol. The number of pyridine rings is 1. The Hall–Kier alpha value is -1.83. The zero-order valence-electron chi connectivity index (χ0n) is 13.1. The number of rotatable bonds is 3. The number of aromatic nitrogens is 1. The smallest absolute Gasteiger partial charge is 0.397 e. The molecule has 2 aliphatic rings. The van der Waals surface area contributed by atoms with Crippen molar-refractivity contribution in [2.45, 2.75) is 43.6 Å². The first-order valence-electron chi connectivity index (χ1n) is 7.90.